The predicted molar refractivity (Wildman–Crippen MR) is 167 cm³/mol. The van der Waals surface area contributed by atoms with Crippen molar-refractivity contribution < 1.29 is 14.6 Å². The van der Waals surface area contributed by atoms with Crippen LogP contribution in [-0.4, -0.2) is 69.6 Å². The maximum atomic E-state index is 11.8. The highest BCUT2D eigenvalue weighted by Gasteiger charge is 2.62. The molecule has 4 fully saturated rings. The monoisotopic (exact) mass is 576 g/mol. The van der Waals surface area contributed by atoms with Crippen LogP contribution in [0.1, 0.15) is 104 Å². The van der Waals surface area contributed by atoms with Crippen molar-refractivity contribution in [1.29, 1.82) is 0 Å². The molecule has 0 heterocycles. The molecule has 238 valence electrons. The van der Waals surface area contributed by atoms with Crippen LogP contribution in [0.4, 0.5) is 0 Å². The largest absolute Gasteiger partial charge is 0.469 e. The van der Waals surface area contributed by atoms with Crippen molar-refractivity contribution in [1.82, 2.24) is 16.0 Å². The van der Waals surface area contributed by atoms with Crippen molar-refractivity contribution in [3.05, 3.63) is 0 Å². The first kappa shape index (κ1) is 33.2. The summed E-state index contributed by atoms with van der Waals surface area (Å²) >= 11 is 0. The second-order valence-corrected chi connectivity index (χ2v) is 14.9. The zero-order valence-electron chi connectivity index (χ0n) is 26.9. The van der Waals surface area contributed by atoms with E-state index in [1.54, 1.807) is 0 Å². The minimum Gasteiger partial charge on any atom is -0.469 e. The van der Waals surface area contributed by atoms with Crippen molar-refractivity contribution >= 4 is 5.97 Å². The van der Waals surface area contributed by atoms with Gasteiger partial charge in [0, 0.05) is 12.5 Å². The van der Waals surface area contributed by atoms with Gasteiger partial charge in [-0.05, 0) is 163 Å². The van der Waals surface area contributed by atoms with Crippen LogP contribution in [0.15, 0.2) is 0 Å². The van der Waals surface area contributed by atoms with E-state index in [1.165, 1.54) is 64.9 Å². The molecule has 0 aromatic carbocycles. The molecule has 10 atom stereocenters. The number of esters is 1. The fourth-order valence-electron chi connectivity index (χ4n) is 10.4. The number of carbonyl (C=O) groups excluding carboxylic acids is 1. The van der Waals surface area contributed by atoms with E-state index in [4.69, 9.17) is 10.5 Å². The standard InChI is InChI=1S/C34H64N4O3/c1-24(8-11-31(40)41-4)27-9-10-28-32-29(13-15-34(27,28)3)33(2)14-12-26(22-25(33)23-30(32)39)38-21-7-20-37-19-6-18-36-17-5-16-35/h24-30,32,36-39H,5-23,35H2,1-4H3/t24-,25?,26+,27-,28?,29?,30-,32?,33+,34-/m1/s1. The minimum absolute atomic E-state index is 0.0817. The molecule has 0 aromatic rings. The summed E-state index contributed by atoms with van der Waals surface area (Å²) in [5, 5.41) is 22.6. The Morgan fingerprint density at radius 3 is 2.29 bits per heavy atom. The molecule has 4 aliphatic rings. The summed E-state index contributed by atoms with van der Waals surface area (Å²) in [5.74, 6) is 3.49. The van der Waals surface area contributed by atoms with E-state index in [-0.39, 0.29) is 12.1 Å². The van der Waals surface area contributed by atoms with Gasteiger partial charge in [0.05, 0.1) is 13.2 Å². The lowest BCUT2D eigenvalue weighted by Crippen LogP contribution is -2.59. The highest BCUT2D eigenvalue weighted by atomic mass is 16.5. The Kier molecular flexibility index (Phi) is 12.4. The Labute approximate surface area is 251 Å². The van der Waals surface area contributed by atoms with E-state index in [2.05, 4.69) is 36.7 Å². The number of nitrogens with two attached hydrogens (primary N) is 1. The van der Waals surface area contributed by atoms with Gasteiger partial charge in [0.1, 0.15) is 0 Å². The highest BCUT2D eigenvalue weighted by Crippen LogP contribution is 2.68. The fraction of sp³-hybridized carbons (Fsp3) is 0.971. The summed E-state index contributed by atoms with van der Waals surface area (Å²) in [7, 11) is 1.49. The second-order valence-electron chi connectivity index (χ2n) is 14.9. The van der Waals surface area contributed by atoms with Gasteiger partial charge >= 0.3 is 5.97 Å². The first-order valence-corrected chi connectivity index (χ1v) is 17.3. The van der Waals surface area contributed by atoms with Crippen LogP contribution in [0.3, 0.4) is 0 Å². The molecule has 0 aromatic heterocycles. The zero-order valence-corrected chi connectivity index (χ0v) is 26.9. The summed E-state index contributed by atoms with van der Waals surface area (Å²) in [4.78, 5) is 11.8. The SMILES string of the molecule is COC(=O)CC[C@@H](C)[C@H]1CCC2C3C(CC[C@@]21C)[C@@]1(C)CC[C@H](NCCCNCCCNCCCN)CC1C[C@H]3O. The lowest BCUT2D eigenvalue weighted by Gasteiger charge is -2.62. The van der Waals surface area contributed by atoms with E-state index in [0.29, 0.717) is 58.8 Å². The summed E-state index contributed by atoms with van der Waals surface area (Å²) in [6, 6.07) is 0.601. The van der Waals surface area contributed by atoms with Crippen LogP contribution in [0, 0.1) is 46.3 Å². The Bertz CT molecular complexity index is 813. The topological polar surface area (TPSA) is 109 Å². The van der Waals surface area contributed by atoms with Gasteiger partial charge in [-0.15, -0.1) is 0 Å². The third kappa shape index (κ3) is 7.68. The Morgan fingerprint density at radius 1 is 0.927 bits per heavy atom. The van der Waals surface area contributed by atoms with Gasteiger partial charge in [-0.1, -0.05) is 20.8 Å². The van der Waals surface area contributed by atoms with Crippen LogP contribution in [-0.2, 0) is 9.53 Å². The van der Waals surface area contributed by atoms with Gasteiger partial charge < -0.3 is 31.5 Å². The van der Waals surface area contributed by atoms with Crippen LogP contribution >= 0.6 is 0 Å². The number of hydrogen-bond acceptors (Lipinski definition) is 7. The number of ether oxygens (including phenoxy) is 1. The lowest BCUT2D eigenvalue weighted by atomic mass is 9.43. The van der Waals surface area contributed by atoms with E-state index in [1.807, 2.05) is 0 Å². The van der Waals surface area contributed by atoms with Crippen molar-refractivity contribution in [3.63, 3.8) is 0 Å². The highest BCUT2D eigenvalue weighted by molar-refractivity contribution is 5.69. The van der Waals surface area contributed by atoms with Gasteiger partial charge in [-0.2, -0.15) is 0 Å². The number of carbonyl (C=O) groups is 1. The van der Waals surface area contributed by atoms with Crippen LogP contribution in [0.25, 0.3) is 0 Å². The van der Waals surface area contributed by atoms with Crippen molar-refractivity contribution in [2.75, 3.05) is 46.4 Å². The molecule has 0 aliphatic heterocycles. The zero-order chi connectivity index (χ0) is 29.5. The number of rotatable bonds is 16. The Balaban J connectivity index is 1.22. The van der Waals surface area contributed by atoms with Gasteiger partial charge in [0.15, 0.2) is 0 Å². The molecule has 0 bridgehead atoms. The first-order valence-electron chi connectivity index (χ1n) is 17.3. The second kappa shape index (κ2) is 15.3. The molecule has 0 amide bonds. The Hall–Kier alpha value is -0.730. The average Bonchev–Trinajstić information content (AvgIpc) is 3.32. The summed E-state index contributed by atoms with van der Waals surface area (Å²) in [5.41, 5.74) is 6.21. The predicted octanol–water partition coefficient (Wildman–Crippen LogP) is 4.47. The van der Waals surface area contributed by atoms with Gasteiger partial charge in [-0.25, -0.2) is 0 Å². The molecule has 6 N–H and O–H groups in total. The number of fused-ring (bicyclic) bond motifs is 5. The molecule has 0 spiro atoms. The molecule has 4 aliphatic carbocycles. The number of methoxy groups -OCH3 is 1. The molecule has 4 rings (SSSR count). The van der Waals surface area contributed by atoms with Crippen molar-refractivity contribution in [2.45, 2.75) is 116 Å². The third-order valence-corrected chi connectivity index (χ3v) is 12.7. The molecular weight excluding hydrogens is 512 g/mol. The van der Waals surface area contributed by atoms with E-state index in [9.17, 15) is 9.90 Å². The fourth-order valence-corrected chi connectivity index (χ4v) is 10.4. The quantitative estimate of drug-likeness (QED) is 0.136. The molecule has 0 radical (unpaired) electrons. The van der Waals surface area contributed by atoms with Gasteiger partial charge in [0.25, 0.3) is 0 Å². The van der Waals surface area contributed by atoms with Crippen LogP contribution in [0.2, 0.25) is 0 Å². The smallest absolute Gasteiger partial charge is 0.305 e. The molecule has 7 heteroatoms. The van der Waals surface area contributed by atoms with Gasteiger partial charge in [0.2, 0.25) is 0 Å². The summed E-state index contributed by atoms with van der Waals surface area (Å²) < 4.78 is 4.92. The van der Waals surface area contributed by atoms with E-state index < -0.39 is 0 Å². The number of hydrogen-bond donors (Lipinski definition) is 5. The lowest BCUT2D eigenvalue weighted by molar-refractivity contribution is -0.167. The number of nitrogens with one attached hydrogen (secondary N) is 3. The maximum absolute atomic E-state index is 11.8. The number of aliphatic hydroxyl groups is 1. The number of aliphatic hydroxyl groups excluding tert-OH is 1. The third-order valence-electron chi connectivity index (χ3n) is 12.7. The van der Waals surface area contributed by atoms with Crippen LogP contribution < -0.4 is 21.7 Å². The molecule has 4 unspecified atom stereocenters. The normalized spacial score (nSPS) is 39.0. The minimum atomic E-state index is -0.153. The molecule has 7 nitrogen and oxygen atoms in total. The van der Waals surface area contributed by atoms with Crippen molar-refractivity contribution in [3.8, 4) is 0 Å². The van der Waals surface area contributed by atoms with E-state index >= 15 is 0 Å². The molecular formula is C34H64N4O3. The van der Waals surface area contributed by atoms with E-state index in [0.717, 1.165) is 58.5 Å². The van der Waals surface area contributed by atoms with Crippen molar-refractivity contribution in [2.24, 2.45) is 52.1 Å². The maximum Gasteiger partial charge on any atom is 0.305 e. The Morgan fingerprint density at radius 2 is 1.59 bits per heavy atom. The molecule has 4 saturated carbocycles. The van der Waals surface area contributed by atoms with Crippen LogP contribution in [0.5, 0.6) is 0 Å². The molecule has 0 saturated heterocycles. The summed E-state index contributed by atoms with van der Waals surface area (Å²) in [6.45, 7) is 13.6. The van der Waals surface area contributed by atoms with Gasteiger partial charge in [-0.3, -0.25) is 4.79 Å². The molecule has 41 heavy (non-hydrogen) atoms. The average molecular weight is 577 g/mol. The first-order chi connectivity index (χ1) is 19.7. The summed E-state index contributed by atoms with van der Waals surface area (Å²) in [6.07, 6.45) is 14.6.